The molecule has 4 aliphatic heterocycles. The normalized spacial score (nSPS) is 36.6. The van der Waals surface area contributed by atoms with Gasteiger partial charge >= 0.3 is 12.2 Å². The number of hydrogen-bond acceptors (Lipinski definition) is 4. The van der Waals surface area contributed by atoms with E-state index in [0.29, 0.717) is 12.6 Å². The molecule has 128 valence electrons. The van der Waals surface area contributed by atoms with Crippen molar-refractivity contribution >= 4 is 12.2 Å². The molecule has 4 aliphatic rings. The molecule has 4 heterocycles. The maximum absolute atomic E-state index is 11.5. The van der Waals surface area contributed by atoms with Gasteiger partial charge in [-0.15, -0.1) is 0 Å². The highest BCUT2D eigenvalue weighted by molar-refractivity contribution is 5.70. The Morgan fingerprint density at radius 2 is 1.83 bits per heavy atom. The number of ether oxygens (including phenoxy) is 1. The number of likely N-dealkylation sites (tertiary alicyclic amines) is 1. The summed E-state index contributed by atoms with van der Waals surface area (Å²) in [6.07, 6.45) is 5.76. The van der Waals surface area contributed by atoms with Gasteiger partial charge in [0.05, 0.1) is 6.54 Å². The van der Waals surface area contributed by atoms with E-state index in [-0.39, 0.29) is 23.8 Å². The quantitative estimate of drug-likeness (QED) is 0.766. The molecular formula is C16H25N3O4. The molecule has 0 aromatic heterocycles. The third kappa shape index (κ3) is 2.65. The van der Waals surface area contributed by atoms with Crippen LogP contribution in [0.2, 0.25) is 0 Å². The highest BCUT2D eigenvalue weighted by atomic mass is 16.6. The lowest BCUT2D eigenvalue weighted by molar-refractivity contribution is -0.0393. The maximum Gasteiger partial charge on any atom is 0.407 e. The van der Waals surface area contributed by atoms with Crippen LogP contribution in [0.15, 0.2) is 0 Å². The van der Waals surface area contributed by atoms with Gasteiger partial charge < -0.3 is 20.1 Å². The SMILES string of the molecule is O=C1NCC2(CCN(C3CC4CCCC(C3)N4C(=O)O)CC2)O1. The number of carbonyl (C=O) groups is 2. The van der Waals surface area contributed by atoms with E-state index < -0.39 is 6.09 Å². The minimum atomic E-state index is -0.750. The Bertz CT molecular complexity index is 490. The predicted octanol–water partition coefficient (Wildman–Crippen LogP) is 1.62. The van der Waals surface area contributed by atoms with Crippen LogP contribution >= 0.6 is 0 Å². The fourth-order valence-electron chi connectivity index (χ4n) is 5.04. The number of carbonyl (C=O) groups excluding carboxylic acids is 1. The molecular weight excluding hydrogens is 298 g/mol. The van der Waals surface area contributed by atoms with E-state index in [9.17, 15) is 14.7 Å². The zero-order valence-electron chi connectivity index (χ0n) is 13.4. The summed E-state index contributed by atoms with van der Waals surface area (Å²) in [6, 6.07) is 0.849. The van der Waals surface area contributed by atoms with Crippen LogP contribution in [0.3, 0.4) is 0 Å². The van der Waals surface area contributed by atoms with Crippen molar-refractivity contribution in [3.8, 4) is 0 Å². The smallest absolute Gasteiger partial charge is 0.407 e. The number of nitrogens with zero attached hydrogens (tertiary/aromatic N) is 2. The van der Waals surface area contributed by atoms with E-state index in [1.807, 2.05) is 0 Å². The molecule has 4 saturated heterocycles. The number of fused-ring (bicyclic) bond motifs is 2. The summed E-state index contributed by atoms with van der Waals surface area (Å²) < 4.78 is 5.49. The molecule has 0 aromatic carbocycles. The van der Waals surface area contributed by atoms with Crippen LogP contribution in [0.4, 0.5) is 9.59 Å². The molecule has 4 rings (SSSR count). The minimum Gasteiger partial charge on any atom is -0.465 e. The second kappa shape index (κ2) is 5.54. The number of piperidine rings is 3. The second-order valence-corrected chi connectivity index (χ2v) is 7.52. The summed E-state index contributed by atoms with van der Waals surface area (Å²) >= 11 is 0. The number of nitrogens with one attached hydrogen (secondary N) is 1. The molecule has 1 spiro atoms. The Kier molecular flexibility index (Phi) is 3.63. The van der Waals surface area contributed by atoms with Crippen molar-refractivity contribution in [1.29, 1.82) is 0 Å². The molecule has 2 amide bonds. The molecule has 2 bridgehead atoms. The Labute approximate surface area is 135 Å². The number of hydrogen-bond donors (Lipinski definition) is 2. The third-order valence-electron chi connectivity index (χ3n) is 6.26. The van der Waals surface area contributed by atoms with Crippen LogP contribution in [0.5, 0.6) is 0 Å². The van der Waals surface area contributed by atoms with E-state index in [4.69, 9.17) is 4.74 Å². The van der Waals surface area contributed by atoms with Gasteiger partial charge in [0.15, 0.2) is 0 Å². The molecule has 0 radical (unpaired) electrons. The van der Waals surface area contributed by atoms with Gasteiger partial charge in [-0.2, -0.15) is 0 Å². The van der Waals surface area contributed by atoms with E-state index >= 15 is 0 Å². The van der Waals surface area contributed by atoms with Crippen molar-refractivity contribution in [3.63, 3.8) is 0 Å². The summed E-state index contributed by atoms with van der Waals surface area (Å²) in [6.45, 7) is 2.50. The van der Waals surface area contributed by atoms with Crippen LogP contribution in [-0.4, -0.2) is 70.5 Å². The summed E-state index contributed by atoms with van der Waals surface area (Å²) in [7, 11) is 0. The summed E-state index contributed by atoms with van der Waals surface area (Å²) in [5.74, 6) is 0. The molecule has 23 heavy (non-hydrogen) atoms. The topological polar surface area (TPSA) is 82.1 Å². The first-order valence-corrected chi connectivity index (χ1v) is 8.78. The van der Waals surface area contributed by atoms with Crippen LogP contribution in [0.25, 0.3) is 0 Å². The van der Waals surface area contributed by atoms with E-state index in [1.54, 1.807) is 4.90 Å². The monoisotopic (exact) mass is 323 g/mol. The average molecular weight is 323 g/mol. The predicted molar refractivity (Wildman–Crippen MR) is 82.3 cm³/mol. The first kappa shape index (κ1) is 15.1. The zero-order valence-corrected chi connectivity index (χ0v) is 13.4. The summed E-state index contributed by atoms with van der Waals surface area (Å²) in [4.78, 5) is 27.1. The first-order valence-electron chi connectivity index (χ1n) is 8.78. The average Bonchev–Trinajstić information content (AvgIpc) is 2.87. The molecule has 2 atom stereocenters. The van der Waals surface area contributed by atoms with E-state index in [2.05, 4.69) is 10.2 Å². The van der Waals surface area contributed by atoms with Crippen LogP contribution < -0.4 is 5.32 Å². The van der Waals surface area contributed by atoms with Gasteiger partial charge in [0.25, 0.3) is 0 Å². The van der Waals surface area contributed by atoms with Crippen LogP contribution in [0, 0.1) is 0 Å². The van der Waals surface area contributed by atoms with Gasteiger partial charge in [0.2, 0.25) is 0 Å². The van der Waals surface area contributed by atoms with E-state index in [1.165, 1.54) is 0 Å². The van der Waals surface area contributed by atoms with Crippen molar-refractivity contribution in [2.75, 3.05) is 19.6 Å². The Morgan fingerprint density at radius 1 is 1.17 bits per heavy atom. The molecule has 7 heteroatoms. The number of carboxylic acid groups (broad SMARTS) is 1. The van der Waals surface area contributed by atoms with Gasteiger partial charge in [-0.3, -0.25) is 4.90 Å². The lowest BCUT2D eigenvalue weighted by Gasteiger charge is -2.51. The molecule has 0 aliphatic carbocycles. The Balaban J connectivity index is 1.39. The van der Waals surface area contributed by atoms with E-state index in [0.717, 1.165) is 58.0 Å². The van der Waals surface area contributed by atoms with Gasteiger partial charge in [-0.25, -0.2) is 9.59 Å². The third-order valence-corrected chi connectivity index (χ3v) is 6.26. The molecule has 2 N–H and O–H groups in total. The zero-order chi connectivity index (χ0) is 16.0. The Hall–Kier alpha value is -1.50. The lowest BCUT2D eigenvalue weighted by Crippen LogP contribution is -2.60. The van der Waals surface area contributed by atoms with Gasteiger partial charge in [-0.1, -0.05) is 0 Å². The molecule has 7 nitrogen and oxygen atoms in total. The molecule has 0 aromatic rings. The van der Waals surface area contributed by atoms with Crippen LogP contribution in [-0.2, 0) is 4.74 Å². The van der Waals surface area contributed by atoms with Gasteiger partial charge in [0.1, 0.15) is 5.60 Å². The second-order valence-electron chi connectivity index (χ2n) is 7.52. The summed E-state index contributed by atoms with van der Waals surface area (Å²) in [5.41, 5.74) is -0.300. The van der Waals surface area contributed by atoms with Crippen molar-refractivity contribution in [2.45, 2.75) is 68.7 Å². The Morgan fingerprint density at radius 3 is 2.35 bits per heavy atom. The first-order chi connectivity index (χ1) is 11.1. The largest absolute Gasteiger partial charge is 0.465 e. The van der Waals surface area contributed by atoms with Crippen molar-refractivity contribution < 1.29 is 19.4 Å². The van der Waals surface area contributed by atoms with Crippen LogP contribution in [0.1, 0.15) is 44.9 Å². The van der Waals surface area contributed by atoms with Gasteiger partial charge in [-0.05, 0) is 32.1 Å². The number of alkyl carbamates (subject to hydrolysis) is 1. The standard InChI is InChI=1S/C16H25N3O4/c20-14-17-10-16(23-14)4-6-18(7-5-16)13-8-11-2-1-3-12(9-13)19(11)15(21)22/h11-13H,1-10H2,(H,17,20)(H,21,22). The summed E-state index contributed by atoms with van der Waals surface area (Å²) in [5, 5.41) is 12.2. The number of rotatable bonds is 1. The molecule has 0 saturated carbocycles. The maximum atomic E-state index is 11.5. The lowest BCUT2D eigenvalue weighted by atomic mass is 9.80. The highest BCUT2D eigenvalue weighted by Gasteiger charge is 2.47. The molecule has 4 fully saturated rings. The van der Waals surface area contributed by atoms with Crippen molar-refractivity contribution in [3.05, 3.63) is 0 Å². The minimum absolute atomic E-state index is 0.187. The fourth-order valence-corrected chi connectivity index (χ4v) is 5.04. The van der Waals surface area contributed by atoms with Gasteiger partial charge in [0, 0.05) is 44.1 Å². The highest BCUT2D eigenvalue weighted by Crippen LogP contribution is 2.38. The number of amides is 2. The fraction of sp³-hybridized carbons (Fsp3) is 0.875. The molecule has 2 unspecified atom stereocenters. The van der Waals surface area contributed by atoms with Crippen molar-refractivity contribution in [2.24, 2.45) is 0 Å². The van der Waals surface area contributed by atoms with Crippen molar-refractivity contribution in [1.82, 2.24) is 15.1 Å².